The summed E-state index contributed by atoms with van der Waals surface area (Å²) in [5.74, 6) is -0.879. The first-order valence-electron chi connectivity index (χ1n) is 24.8. The Balaban J connectivity index is 4.33. The molecule has 0 aliphatic heterocycles. The molecule has 0 rings (SSSR count). The molecule has 6 nitrogen and oxygen atoms in total. The smallest absolute Gasteiger partial charge is 0.306 e. The normalized spacial score (nSPS) is 12.1. The fourth-order valence-electron chi connectivity index (χ4n) is 7.12. The van der Waals surface area contributed by atoms with Crippen LogP contribution in [0.3, 0.4) is 0 Å². The topological polar surface area (TPSA) is 78.9 Å². The van der Waals surface area contributed by atoms with Crippen LogP contribution in [-0.2, 0) is 28.6 Å². The highest BCUT2D eigenvalue weighted by Crippen LogP contribution is 2.15. The second-order valence-corrected chi connectivity index (χ2v) is 16.7. The van der Waals surface area contributed by atoms with Crippen molar-refractivity contribution in [3.63, 3.8) is 0 Å². The van der Waals surface area contributed by atoms with E-state index in [0.29, 0.717) is 19.3 Å². The molecule has 0 radical (unpaired) electrons. The second kappa shape index (κ2) is 46.6. The Labute approximate surface area is 353 Å². The van der Waals surface area contributed by atoms with Gasteiger partial charge in [0.25, 0.3) is 0 Å². The lowest BCUT2D eigenvalue weighted by molar-refractivity contribution is -0.167. The molecular weight excluding hydrogens is 709 g/mol. The van der Waals surface area contributed by atoms with Gasteiger partial charge < -0.3 is 14.2 Å². The number of carbonyl (C=O) groups excluding carboxylic acids is 3. The van der Waals surface area contributed by atoms with Crippen molar-refractivity contribution in [3.05, 3.63) is 24.3 Å². The molecule has 0 bridgehead atoms. The third-order valence-corrected chi connectivity index (χ3v) is 10.9. The molecule has 1 atom stereocenters. The minimum atomic E-state index is -0.770. The second-order valence-electron chi connectivity index (χ2n) is 16.7. The zero-order chi connectivity index (χ0) is 41.5. The van der Waals surface area contributed by atoms with E-state index in [-0.39, 0.29) is 31.1 Å². The van der Waals surface area contributed by atoms with Gasteiger partial charge >= 0.3 is 17.9 Å². The number of hydrogen-bond acceptors (Lipinski definition) is 6. The SMILES string of the molecule is CCCC/C=C\CCCCCCCC(=O)OC[C@H](COC(=O)CCCCCCCCCCCCC)OC(=O)CCCCCCCCC/C=C\CCCCCCCC. The molecule has 0 aromatic carbocycles. The molecule has 0 aromatic rings. The number of esters is 3. The Bertz CT molecular complexity index is 927. The molecule has 0 N–H and O–H groups in total. The molecule has 0 heterocycles. The van der Waals surface area contributed by atoms with Gasteiger partial charge in [0.1, 0.15) is 13.2 Å². The van der Waals surface area contributed by atoms with E-state index in [1.807, 2.05) is 0 Å². The summed E-state index contributed by atoms with van der Waals surface area (Å²) in [6, 6.07) is 0. The molecule has 0 aromatic heterocycles. The van der Waals surface area contributed by atoms with Crippen molar-refractivity contribution in [2.24, 2.45) is 0 Å². The monoisotopic (exact) mass is 803 g/mol. The Morgan fingerprint density at radius 1 is 0.333 bits per heavy atom. The third kappa shape index (κ3) is 44.8. The van der Waals surface area contributed by atoms with Crippen LogP contribution >= 0.6 is 0 Å². The average molecular weight is 803 g/mol. The molecule has 0 fully saturated rings. The van der Waals surface area contributed by atoms with Crippen LogP contribution in [0.25, 0.3) is 0 Å². The number of ether oxygens (including phenoxy) is 3. The highest BCUT2D eigenvalue weighted by atomic mass is 16.6. The summed E-state index contributed by atoms with van der Waals surface area (Å²) in [5, 5.41) is 0. The van der Waals surface area contributed by atoms with Gasteiger partial charge in [0.05, 0.1) is 0 Å². The van der Waals surface area contributed by atoms with E-state index in [9.17, 15) is 14.4 Å². The van der Waals surface area contributed by atoms with Crippen molar-refractivity contribution in [2.45, 2.75) is 271 Å². The number of unbranched alkanes of at least 4 members (excludes halogenated alkanes) is 30. The van der Waals surface area contributed by atoms with Gasteiger partial charge in [-0.15, -0.1) is 0 Å². The quantitative estimate of drug-likeness (QED) is 0.0264. The van der Waals surface area contributed by atoms with E-state index in [4.69, 9.17) is 14.2 Å². The van der Waals surface area contributed by atoms with Crippen molar-refractivity contribution >= 4 is 17.9 Å². The van der Waals surface area contributed by atoms with Gasteiger partial charge in [0.15, 0.2) is 6.10 Å². The fourth-order valence-corrected chi connectivity index (χ4v) is 7.12. The molecule has 0 aliphatic rings. The highest BCUT2D eigenvalue weighted by Gasteiger charge is 2.19. The predicted octanol–water partition coefficient (Wildman–Crippen LogP) is 16.0. The third-order valence-electron chi connectivity index (χ3n) is 10.9. The van der Waals surface area contributed by atoms with Crippen molar-refractivity contribution < 1.29 is 28.6 Å². The highest BCUT2D eigenvalue weighted by molar-refractivity contribution is 5.71. The fraction of sp³-hybridized carbons (Fsp3) is 0.863. The van der Waals surface area contributed by atoms with Crippen molar-refractivity contribution in [1.82, 2.24) is 0 Å². The lowest BCUT2D eigenvalue weighted by atomic mass is 10.1. The molecule has 0 saturated carbocycles. The molecule has 0 unspecified atom stereocenters. The van der Waals surface area contributed by atoms with Crippen LogP contribution in [0.2, 0.25) is 0 Å². The van der Waals surface area contributed by atoms with Gasteiger partial charge in [-0.25, -0.2) is 0 Å². The van der Waals surface area contributed by atoms with E-state index in [1.165, 1.54) is 161 Å². The summed E-state index contributed by atoms with van der Waals surface area (Å²) < 4.78 is 16.7. The Kier molecular flexibility index (Phi) is 44.9. The van der Waals surface area contributed by atoms with Gasteiger partial charge in [-0.2, -0.15) is 0 Å². The first-order valence-corrected chi connectivity index (χ1v) is 24.8. The van der Waals surface area contributed by atoms with Crippen molar-refractivity contribution in [1.29, 1.82) is 0 Å². The molecule has 57 heavy (non-hydrogen) atoms. The molecule has 0 amide bonds. The first kappa shape index (κ1) is 54.9. The summed E-state index contributed by atoms with van der Waals surface area (Å²) in [6.45, 7) is 6.59. The van der Waals surface area contributed by atoms with E-state index < -0.39 is 6.10 Å². The van der Waals surface area contributed by atoms with Crippen LogP contribution < -0.4 is 0 Å². The standard InChI is InChI=1S/C51H94O6/c1-4-7-10-13-16-19-22-23-24-25-26-27-30-33-36-39-42-45-51(54)57-48(46-55-49(52)43-40-37-34-31-28-20-17-14-11-8-5-2)47-56-50(53)44-41-38-35-32-29-21-18-15-12-9-6-3/h14,17,23-24,48H,4-13,15-16,18-22,25-47H2,1-3H3/b17-14-,24-23-/t48-/m1/s1. The van der Waals surface area contributed by atoms with Crippen LogP contribution in [0.5, 0.6) is 0 Å². The van der Waals surface area contributed by atoms with Crippen LogP contribution in [0.4, 0.5) is 0 Å². The Morgan fingerprint density at radius 2 is 0.596 bits per heavy atom. The molecule has 334 valence electrons. The lowest BCUT2D eigenvalue weighted by Crippen LogP contribution is -2.30. The van der Waals surface area contributed by atoms with Crippen LogP contribution in [0, 0.1) is 0 Å². The molecule has 0 aliphatic carbocycles. The molecule has 6 heteroatoms. The molecule has 0 spiro atoms. The van der Waals surface area contributed by atoms with E-state index in [0.717, 1.165) is 64.2 Å². The van der Waals surface area contributed by atoms with E-state index >= 15 is 0 Å². The zero-order valence-electron chi connectivity index (χ0n) is 38.1. The van der Waals surface area contributed by atoms with E-state index in [2.05, 4.69) is 45.1 Å². The number of rotatable bonds is 45. The summed E-state index contributed by atoms with van der Waals surface area (Å²) >= 11 is 0. The minimum absolute atomic E-state index is 0.0724. The van der Waals surface area contributed by atoms with Crippen LogP contribution in [0.15, 0.2) is 24.3 Å². The molecular formula is C51H94O6. The maximum Gasteiger partial charge on any atom is 0.306 e. The predicted molar refractivity (Wildman–Crippen MR) is 243 cm³/mol. The average Bonchev–Trinajstić information content (AvgIpc) is 3.21. The summed E-state index contributed by atoms with van der Waals surface area (Å²) in [7, 11) is 0. The van der Waals surface area contributed by atoms with Crippen molar-refractivity contribution in [2.75, 3.05) is 13.2 Å². The summed E-state index contributed by atoms with van der Waals surface area (Å²) in [5.41, 5.74) is 0. The Morgan fingerprint density at radius 3 is 0.930 bits per heavy atom. The van der Waals surface area contributed by atoms with E-state index in [1.54, 1.807) is 0 Å². The Hall–Kier alpha value is -2.11. The van der Waals surface area contributed by atoms with Crippen LogP contribution in [-0.4, -0.2) is 37.2 Å². The largest absolute Gasteiger partial charge is 0.462 e. The number of hydrogen-bond donors (Lipinski definition) is 0. The summed E-state index contributed by atoms with van der Waals surface area (Å²) in [6.07, 6.45) is 51.6. The van der Waals surface area contributed by atoms with Gasteiger partial charge in [0.2, 0.25) is 0 Å². The lowest BCUT2D eigenvalue weighted by Gasteiger charge is -2.18. The minimum Gasteiger partial charge on any atom is -0.462 e. The van der Waals surface area contributed by atoms with Crippen molar-refractivity contribution in [3.8, 4) is 0 Å². The van der Waals surface area contributed by atoms with Gasteiger partial charge in [0, 0.05) is 19.3 Å². The summed E-state index contributed by atoms with van der Waals surface area (Å²) in [4.78, 5) is 37.8. The maximum atomic E-state index is 12.8. The number of carbonyl (C=O) groups is 3. The number of allylic oxidation sites excluding steroid dienone is 4. The van der Waals surface area contributed by atoms with Gasteiger partial charge in [-0.05, 0) is 64.2 Å². The van der Waals surface area contributed by atoms with Gasteiger partial charge in [-0.3, -0.25) is 14.4 Å². The maximum absolute atomic E-state index is 12.8. The van der Waals surface area contributed by atoms with Gasteiger partial charge in [-0.1, -0.05) is 206 Å². The first-order chi connectivity index (χ1) is 28.0. The van der Waals surface area contributed by atoms with Crippen LogP contribution in [0.1, 0.15) is 265 Å². The molecule has 0 saturated heterocycles. The zero-order valence-corrected chi connectivity index (χ0v) is 38.1.